The van der Waals surface area contributed by atoms with E-state index in [1.54, 1.807) is 66.7 Å². The number of nitrogens with one attached hydrogen (secondary N) is 1. The highest BCUT2D eigenvalue weighted by molar-refractivity contribution is 6.35. The maximum atomic E-state index is 14.7. The number of hydrogen-bond donors (Lipinski definition) is 2. The molecule has 1 fully saturated rings. The molecule has 0 bridgehead atoms. The molecule has 0 atom stereocenters. The second-order valence-electron chi connectivity index (χ2n) is 12.6. The molecule has 1 heterocycles. The van der Waals surface area contributed by atoms with E-state index in [4.69, 9.17) is 47.9 Å². The first-order valence-electron chi connectivity index (χ1n) is 17.6. The minimum Gasteiger partial charge on any atom is -0.493 e. The average molecular weight is 792 g/mol. The molecule has 1 aliphatic rings. The Balaban J connectivity index is 0.000000269. The van der Waals surface area contributed by atoms with Crippen LogP contribution in [0.1, 0.15) is 43.0 Å². The fourth-order valence-corrected chi connectivity index (χ4v) is 6.03. The zero-order chi connectivity index (χ0) is 39.3. The summed E-state index contributed by atoms with van der Waals surface area (Å²) in [7, 11) is 1.50. The number of nitrogens with zero attached hydrogens (tertiary/aromatic N) is 2. The number of likely N-dealkylation sites (tertiary alicyclic amines) is 1. The lowest BCUT2D eigenvalue weighted by atomic mass is 10.1. The third kappa shape index (κ3) is 12.0. The minimum atomic E-state index is -0.620. The van der Waals surface area contributed by atoms with Gasteiger partial charge < -0.3 is 34.9 Å². The van der Waals surface area contributed by atoms with E-state index in [9.17, 15) is 19.3 Å². The molecule has 5 aromatic carbocycles. The lowest BCUT2D eigenvalue weighted by Gasteiger charge is -2.32. The van der Waals surface area contributed by atoms with Gasteiger partial charge in [-0.15, -0.1) is 0 Å². The number of non-ortho nitro benzene ring substituents is 1. The maximum Gasteiger partial charge on any atom is 0.269 e. The van der Waals surface area contributed by atoms with Gasteiger partial charge in [-0.1, -0.05) is 36.5 Å². The first-order valence-corrected chi connectivity index (χ1v) is 18.4. The van der Waals surface area contributed by atoms with Gasteiger partial charge in [-0.2, -0.15) is 0 Å². The fraction of sp³-hybridized carbons (Fsp3) is 0.244. The zero-order valence-electron chi connectivity index (χ0n) is 30.3. The third-order valence-electron chi connectivity index (χ3n) is 8.56. The van der Waals surface area contributed by atoms with Crippen molar-refractivity contribution in [3.63, 3.8) is 0 Å². The Labute approximate surface area is 328 Å². The monoisotopic (exact) mass is 790 g/mol. The number of rotatable bonds is 13. The van der Waals surface area contributed by atoms with E-state index in [2.05, 4.69) is 17.1 Å². The number of unbranched alkanes of at least 4 members (excludes halogenated alkanes) is 1. The van der Waals surface area contributed by atoms with Crippen LogP contribution in [0.4, 0.5) is 21.5 Å². The molecule has 6 rings (SSSR count). The highest BCUT2D eigenvalue weighted by Gasteiger charge is 2.20. The number of carbonyl (C=O) groups excluding carboxylic acids is 1. The Kier molecular flexibility index (Phi) is 14.5. The van der Waals surface area contributed by atoms with Gasteiger partial charge in [0.15, 0.2) is 11.5 Å². The molecule has 1 saturated heterocycles. The zero-order valence-corrected chi connectivity index (χ0v) is 31.8. The lowest BCUT2D eigenvalue weighted by Crippen LogP contribution is -2.38. The van der Waals surface area contributed by atoms with Crippen LogP contribution in [-0.4, -0.2) is 48.6 Å². The van der Waals surface area contributed by atoms with Crippen LogP contribution in [0.5, 0.6) is 34.5 Å². The predicted octanol–water partition coefficient (Wildman–Crippen LogP) is 10.8. The van der Waals surface area contributed by atoms with E-state index in [1.165, 1.54) is 56.3 Å². The van der Waals surface area contributed by atoms with E-state index >= 15 is 0 Å². The number of nitro groups is 1. The Hall–Kier alpha value is -5.56. The summed E-state index contributed by atoms with van der Waals surface area (Å²) < 4.78 is 37.3. The van der Waals surface area contributed by atoms with Gasteiger partial charge in [0.05, 0.1) is 22.7 Å². The van der Waals surface area contributed by atoms with E-state index in [-0.39, 0.29) is 23.2 Å². The van der Waals surface area contributed by atoms with Crippen molar-refractivity contribution in [3.05, 3.63) is 135 Å². The Morgan fingerprint density at radius 1 is 0.873 bits per heavy atom. The van der Waals surface area contributed by atoms with Gasteiger partial charge in [0, 0.05) is 53.6 Å². The van der Waals surface area contributed by atoms with Crippen LogP contribution in [0.15, 0.2) is 103 Å². The molecule has 5 aromatic rings. The van der Waals surface area contributed by atoms with Crippen molar-refractivity contribution in [1.29, 1.82) is 0 Å². The summed E-state index contributed by atoms with van der Waals surface area (Å²) in [6.07, 6.45) is 4.62. The average Bonchev–Trinajstić information content (AvgIpc) is 3.18. The van der Waals surface area contributed by atoms with E-state index in [1.807, 2.05) is 0 Å². The Bertz CT molecular complexity index is 2060. The molecule has 0 saturated carbocycles. The number of benzene rings is 5. The van der Waals surface area contributed by atoms with Gasteiger partial charge in [-0.05, 0) is 105 Å². The number of hydrogen-bond acceptors (Lipinski definition) is 9. The number of nitrogens with two attached hydrogens (primary N) is 1. The summed E-state index contributed by atoms with van der Waals surface area (Å²) in [4.78, 5) is 25.2. The highest BCUT2D eigenvalue weighted by Crippen LogP contribution is 2.35. The van der Waals surface area contributed by atoms with Crippen LogP contribution in [-0.2, 0) is 0 Å². The summed E-state index contributed by atoms with van der Waals surface area (Å²) in [5.41, 5.74) is 6.75. The standard InChI is InChI=1S/C29H34FN3O4.C12H7Cl2NO3/c1-3-4-15-33-16-13-23(14-17-33)36-22-8-5-20(6-9-22)29(34)32-26-11-10-24(19-25(26)30)37-27-12-7-21(31)18-28(27)35-2;13-8-1-6-12(11(14)7-8)18-10-4-2-9(3-5-10)15(16)17/h5-12,18-19,23H,3-4,13-17,31H2,1-2H3,(H,32,34);1-7H. The second kappa shape index (κ2) is 19.7. The fourth-order valence-electron chi connectivity index (χ4n) is 5.58. The normalized spacial score (nSPS) is 12.9. The number of nitrogen functional groups attached to an aromatic ring is 1. The van der Waals surface area contributed by atoms with Crippen molar-refractivity contribution < 1.29 is 33.1 Å². The molecule has 0 unspecified atom stereocenters. The minimum absolute atomic E-state index is 0.00422. The third-order valence-corrected chi connectivity index (χ3v) is 9.09. The van der Waals surface area contributed by atoms with Gasteiger partial charge in [0.25, 0.3) is 11.6 Å². The molecule has 0 radical (unpaired) electrons. The summed E-state index contributed by atoms with van der Waals surface area (Å²) in [6.45, 7) is 5.46. The number of piperidine rings is 1. The van der Waals surface area contributed by atoms with Gasteiger partial charge >= 0.3 is 0 Å². The summed E-state index contributed by atoms with van der Waals surface area (Å²) in [6, 6.07) is 26.7. The molecule has 3 N–H and O–H groups in total. The number of methoxy groups -OCH3 is 1. The molecular formula is C41H41Cl2FN4O7. The molecule has 14 heteroatoms. The molecule has 1 amide bonds. The van der Waals surface area contributed by atoms with E-state index < -0.39 is 16.6 Å². The van der Waals surface area contributed by atoms with Crippen molar-refractivity contribution >= 4 is 46.2 Å². The second-order valence-corrected chi connectivity index (χ2v) is 13.4. The quantitative estimate of drug-likeness (QED) is 0.0678. The molecule has 0 aromatic heterocycles. The van der Waals surface area contributed by atoms with E-state index in [0.29, 0.717) is 44.3 Å². The number of ether oxygens (including phenoxy) is 4. The molecule has 288 valence electrons. The molecule has 0 spiro atoms. The Morgan fingerprint density at radius 3 is 2.16 bits per heavy atom. The van der Waals surface area contributed by atoms with Crippen molar-refractivity contribution in [1.82, 2.24) is 4.90 Å². The van der Waals surface area contributed by atoms with E-state index in [0.717, 1.165) is 38.2 Å². The van der Waals surface area contributed by atoms with Crippen LogP contribution >= 0.6 is 23.2 Å². The van der Waals surface area contributed by atoms with Crippen LogP contribution in [0.3, 0.4) is 0 Å². The molecule has 55 heavy (non-hydrogen) atoms. The topological polar surface area (TPSA) is 138 Å². The number of nitro benzene ring substituents is 1. The summed E-state index contributed by atoms with van der Waals surface area (Å²) >= 11 is 11.7. The smallest absolute Gasteiger partial charge is 0.269 e. The van der Waals surface area contributed by atoms with Crippen LogP contribution in [0.2, 0.25) is 10.0 Å². The summed E-state index contributed by atoms with van der Waals surface area (Å²) in [5, 5.41) is 14.0. The Morgan fingerprint density at radius 2 is 1.53 bits per heavy atom. The molecule has 0 aliphatic carbocycles. The highest BCUT2D eigenvalue weighted by atomic mass is 35.5. The molecule has 1 aliphatic heterocycles. The molecule has 11 nitrogen and oxygen atoms in total. The number of anilines is 2. The number of halogens is 3. The van der Waals surface area contributed by atoms with Crippen LogP contribution in [0.25, 0.3) is 0 Å². The van der Waals surface area contributed by atoms with Gasteiger partial charge in [-0.3, -0.25) is 14.9 Å². The van der Waals surface area contributed by atoms with Crippen molar-refractivity contribution in [3.8, 4) is 34.5 Å². The first kappa shape index (κ1) is 40.6. The van der Waals surface area contributed by atoms with Crippen molar-refractivity contribution in [2.24, 2.45) is 0 Å². The molecular weight excluding hydrogens is 750 g/mol. The largest absolute Gasteiger partial charge is 0.493 e. The number of amides is 1. The number of carbonyl (C=O) groups is 1. The van der Waals surface area contributed by atoms with Crippen LogP contribution in [0, 0.1) is 15.9 Å². The SMILES string of the molecule is CCCCN1CCC(Oc2ccc(C(=O)Nc3ccc(Oc4ccc(N)cc4OC)cc3F)cc2)CC1.O=[N+]([O-])c1ccc(Oc2ccc(Cl)cc2Cl)cc1. The predicted molar refractivity (Wildman–Crippen MR) is 213 cm³/mol. The van der Waals surface area contributed by atoms with Gasteiger partial charge in [-0.25, -0.2) is 4.39 Å². The first-order chi connectivity index (χ1) is 26.5. The van der Waals surface area contributed by atoms with Gasteiger partial charge in [0.1, 0.15) is 34.9 Å². The van der Waals surface area contributed by atoms with Crippen molar-refractivity contribution in [2.75, 3.05) is 37.8 Å². The van der Waals surface area contributed by atoms with Crippen molar-refractivity contribution in [2.45, 2.75) is 38.7 Å². The lowest BCUT2D eigenvalue weighted by molar-refractivity contribution is -0.384. The maximum absolute atomic E-state index is 14.7. The van der Waals surface area contributed by atoms with Crippen LogP contribution < -0.4 is 30.0 Å². The van der Waals surface area contributed by atoms with Gasteiger partial charge in [0.2, 0.25) is 0 Å². The summed E-state index contributed by atoms with van der Waals surface area (Å²) in [5.74, 6) is 1.69.